The van der Waals surface area contributed by atoms with Crippen molar-refractivity contribution in [3.63, 3.8) is 0 Å². The van der Waals surface area contributed by atoms with E-state index in [1.54, 1.807) is 42.5 Å². The number of anilines is 1. The number of para-hydroxylation sites is 1. The molecule has 2 amide bonds. The molecule has 0 atom stereocenters. The van der Waals surface area contributed by atoms with E-state index in [0.717, 1.165) is 12.8 Å². The fourth-order valence-corrected chi connectivity index (χ4v) is 3.17. The van der Waals surface area contributed by atoms with E-state index in [1.165, 1.54) is 0 Å². The molecule has 0 heterocycles. The fraction of sp³-hybridized carbons (Fsp3) is 0.286. The van der Waals surface area contributed by atoms with Crippen LogP contribution in [0.1, 0.15) is 40.5 Å². The van der Waals surface area contributed by atoms with Gasteiger partial charge in [-0.15, -0.1) is 0 Å². The lowest BCUT2D eigenvalue weighted by atomic mass is 10.1. The van der Waals surface area contributed by atoms with Crippen molar-refractivity contribution >= 4 is 50.8 Å². The van der Waals surface area contributed by atoms with E-state index in [-0.39, 0.29) is 24.2 Å². The van der Waals surface area contributed by atoms with Gasteiger partial charge >= 0.3 is 0 Å². The van der Waals surface area contributed by atoms with Crippen molar-refractivity contribution in [1.29, 1.82) is 0 Å². The molecule has 0 aliphatic carbocycles. The highest BCUT2D eigenvalue weighted by Gasteiger charge is 2.14. The quantitative estimate of drug-likeness (QED) is 0.315. The largest absolute Gasteiger partial charge is 0.492 e. The van der Waals surface area contributed by atoms with E-state index in [1.807, 2.05) is 0 Å². The summed E-state index contributed by atoms with van der Waals surface area (Å²) < 4.78 is 6.34. The van der Waals surface area contributed by atoms with Crippen LogP contribution < -0.4 is 20.7 Å². The first-order valence-corrected chi connectivity index (χ1v) is 10.7. The van der Waals surface area contributed by atoms with Crippen LogP contribution in [0.4, 0.5) is 5.69 Å². The second-order valence-corrected chi connectivity index (χ2v) is 7.54. The molecule has 4 N–H and O–H groups in total. The van der Waals surface area contributed by atoms with Crippen molar-refractivity contribution < 1.29 is 19.4 Å². The summed E-state index contributed by atoms with van der Waals surface area (Å²) in [6.45, 7) is 2.68. The summed E-state index contributed by atoms with van der Waals surface area (Å²) in [4.78, 5) is 24.7. The Morgan fingerprint density at radius 2 is 1.93 bits per heavy atom. The van der Waals surface area contributed by atoms with Gasteiger partial charge in [0.15, 0.2) is 5.11 Å². The van der Waals surface area contributed by atoms with Crippen LogP contribution in [-0.2, 0) is 0 Å². The second-order valence-electron chi connectivity index (χ2n) is 6.28. The molecule has 0 aromatic heterocycles. The number of thiocarbonyl (C=S) groups is 1. The summed E-state index contributed by atoms with van der Waals surface area (Å²) in [5.41, 5.74) is 1.20. The Labute approximate surface area is 189 Å². The molecule has 160 valence electrons. The van der Waals surface area contributed by atoms with Gasteiger partial charge < -0.3 is 20.5 Å². The van der Waals surface area contributed by atoms with Crippen LogP contribution in [-0.4, -0.2) is 41.8 Å². The van der Waals surface area contributed by atoms with Crippen molar-refractivity contribution in [1.82, 2.24) is 10.6 Å². The summed E-state index contributed by atoms with van der Waals surface area (Å²) in [5.74, 6) is -0.0806. The van der Waals surface area contributed by atoms with Crippen molar-refractivity contribution in [2.45, 2.75) is 19.8 Å². The molecule has 2 aromatic carbocycles. The first kappa shape index (κ1) is 23.8. The lowest BCUT2D eigenvalue weighted by Crippen LogP contribution is -2.35. The zero-order valence-corrected chi connectivity index (χ0v) is 18.9. The molecule has 0 spiro atoms. The van der Waals surface area contributed by atoms with Crippen molar-refractivity contribution in [3.8, 4) is 5.75 Å². The molecule has 0 bridgehead atoms. The second kappa shape index (κ2) is 12.3. The predicted octanol–water partition coefficient (Wildman–Crippen LogP) is 3.48. The average molecular weight is 494 g/mol. The number of benzene rings is 2. The molecule has 0 radical (unpaired) electrons. The number of aliphatic hydroxyl groups excluding tert-OH is 1. The maximum absolute atomic E-state index is 12.5. The zero-order chi connectivity index (χ0) is 21.9. The Hall–Kier alpha value is -2.49. The molecule has 0 saturated heterocycles. The van der Waals surface area contributed by atoms with Gasteiger partial charge in [-0.05, 0) is 64.9 Å². The van der Waals surface area contributed by atoms with E-state index in [9.17, 15) is 9.59 Å². The molecular formula is C21H24BrN3O4S. The van der Waals surface area contributed by atoms with Crippen molar-refractivity contribution in [3.05, 3.63) is 58.1 Å². The van der Waals surface area contributed by atoms with Gasteiger partial charge in [0.25, 0.3) is 11.8 Å². The number of nitrogens with one attached hydrogen (secondary N) is 3. The maximum Gasteiger partial charge on any atom is 0.257 e. The average Bonchev–Trinajstić information content (AvgIpc) is 2.73. The highest BCUT2D eigenvalue weighted by molar-refractivity contribution is 9.10. The smallest absolute Gasteiger partial charge is 0.257 e. The number of aliphatic hydroxyl groups is 1. The van der Waals surface area contributed by atoms with E-state index in [4.69, 9.17) is 22.1 Å². The molecule has 9 heteroatoms. The molecule has 30 heavy (non-hydrogen) atoms. The number of carbonyl (C=O) groups is 2. The number of amides is 2. The molecular weight excluding hydrogens is 470 g/mol. The van der Waals surface area contributed by atoms with Crippen molar-refractivity contribution in [2.24, 2.45) is 0 Å². The molecule has 7 nitrogen and oxygen atoms in total. The molecule has 2 rings (SSSR count). The molecule has 0 unspecified atom stereocenters. The van der Waals surface area contributed by atoms with Crippen LogP contribution in [0.25, 0.3) is 0 Å². The Morgan fingerprint density at radius 3 is 2.63 bits per heavy atom. The van der Waals surface area contributed by atoms with Crippen LogP contribution in [0, 0.1) is 0 Å². The van der Waals surface area contributed by atoms with Crippen LogP contribution in [0.15, 0.2) is 46.9 Å². The summed E-state index contributed by atoms with van der Waals surface area (Å²) in [6.07, 6.45) is 1.99. The van der Waals surface area contributed by atoms with E-state index in [2.05, 4.69) is 38.8 Å². The van der Waals surface area contributed by atoms with E-state index < -0.39 is 5.91 Å². The Bertz CT molecular complexity index is 908. The maximum atomic E-state index is 12.5. The number of hydrogen-bond acceptors (Lipinski definition) is 5. The summed E-state index contributed by atoms with van der Waals surface area (Å²) in [7, 11) is 0. The Morgan fingerprint density at radius 1 is 1.17 bits per heavy atom. The number of carbonyl (C=O) groups excluding carboxylic acids is 2. The minimum Gasteiger partial charge on any atom is -0.492 e. The monoisotopic (exact) mass is 493 g/mol. The molecule has 0 aliphatic heterocycles. The Balaban J connectivity index is 2.01. The molecule has 2 aromatic rings. The van der Waals surface area contributed by atoms with Crippen molar-refractivity contribution in [2.75, 3.05) is 25.1 Å². The van der Waals surface area contributed by atoms with Gasteiger partial charge in [0.05, 0.1) is 28.9 Å². The lowest BCUT2D eigenvalue weighted by Gasteiger charge is -2.14. The van der Waals surface area contributed by atoms with Crippen LogP contribution in [0.5, 0.6) is 5.75 Å². The normalized spacial score (nSPS) is 10.2. The molecule has 0 fully saturated rings. The minimum absolute atomic E-state index is 0.0572. The lowest BCUT2D eigenvalue weighted by molar-refractivity contribution is 0.0944. The summed E-state index contributed by atoms with van der Waals surface area (Å²) in [5, 5.41) is 17.0. The van der Waals surface area contributed by atoms with Gasteiger partial charge in [0.2, 0.25) is 0 Å². The van der Waals surface area contributed by atoms with Gasteiger partial charge in [-0.1, -0.05) is 25.5 Å². The zero-order valence-electron chi connectivity index (χ0n) is 16.5. The third-order valence-electron chi connectivity index (χ3n) is 3.99. The molecule has 0 saturated carbocycles. The standard InChI is InChI=1S/C21H24BrN3O4S/c1-2-3-12-29-18-9-8-14(13-16(18)22)19(27)25-21(30)24-17-7-5-4-6-15(17)20(28)23-10-11-26/h4-9,13,26H,2-3,10-12H2,1H3,(H,23,28)(H2,24,25,27,30). The third-order valence-corrected chi connectivity index (χ3v) is 4.82. The van der Waals surface area contributed by atoms with Crippen LogP contribution in [0.2, 0.25) is 0 Å². The SMILES string of the molecule is CCCCOc1ccc(C(=O)NC(=S)Nc2ccccc2C(=O)NCCO)cc1Br. The van der Waals surface area contributed by atoms with E-state index in [0.29, 0.717) is 33.6 Å². The van der Waals surface area contributed by atoms with Crippen LogP contribution in [0.3, 0.4) is 0 Å². The minimum atomic E-state index is -0.393. The number of unbranched alkanes of at least 4 members (excludes halogenated alkanes) is 1. The summed E-state index contributed by atoms with van der Waals surface area (Å²) in [6, 6.07) is 11.8. The van der Waals surface area contributed by atoms with Crippen LogP contribution >= 0.6 is 28.1 Å². The predicted molar refractivity (Wildman–Crippen MR) is 124 cm³/mol. The Kier molecular flexibility index (Phi) is 9.72. The highest BCUT2D eigenvalue weighted by atomic mass is 79.9. The number of rotatable bonds is 9. The summed E-state index contributed by atoms with van der Waals surface area (Å²) >= 11 is 8.64. The first-order valence-electron chi connectivity index (χ1n) is 9.49. The number of ether oxygens (including phenoxy) is 1. The molecule has 0 aliphatic rings. The van der Waals surface area contributed by atoms with E-state index >= 15 is 0 Å². The fourth-order valence-electron chi connectivity index (χ4n) is 2.47. The topological polar surface area (TPSA) is 99.7 Å². The number of halogens is 1. The van der Waals surface area contributed by atoms with Gasteiger partial charge in [0, 0.05) is 12.1 Å². The first-order chi connectivity index (χ1) is 14.5. The van der Waals surface area contributed by atoms with Gasteiger partial charge in [-0.3, -0.25) is 14.9 Å². The van der Waals surface area contributed by atoms with Gasteiger partial charge in [0.1, 0.15) is 5.75 Å². The van der Waals surface area contributed by atoms with Gasteiger partial charge in [-0.2, -0.15) is 0 Å². The highest BCUT2D eigenvalue weighted by Crippen LogP contribution is 2.26. The van der Waals surface area contributed by atoms with Gasteiger partial charge in [-0.25, -0.2) is 0 Å². The number of hydrogen-bond donors (Lipinski definition) is 4. The third kappa shape index (κ3) is 7.08.